The maximum Gasteiger partial charge on any atom is 0.262 e. The van der Waals surface area contributed by atoms with E-state index in [1.165, 1.54) is 15.8 Å². The zero-order chi connectivity index (χ0) is 19.4. The molecule has 0 spiro atoms. The lowest BCUT2D eigenvalue weighted by Gasteiger charge is -2.17. The quantitative estimate of drug-likeness (QED) is 0.408. The molecule has 1 atom stereocenters. The molecule has 4 aromatic rings. The first-order valence-electron chi connectivity index (χ1n) is 9.21. The molecule has 0 saturated heterocycles. The van der Waals surface area contributed by atoms with Gasteiger partial charge in [0.2, 0.25) is 5.78 Å². The molecule has 0 amide bonds. The van der Waals surface area contributed by atoms with E-state index >= 15 is 0 Å². The Bertz CT molecular complexity index is 1300. The average Bonchev–Trinajstić information content (AvgIpc) is 3.24. The van der Waals surface area contributed by atoms with Crippen LogP contribution in [0.1, 0.15) is 34.3 Å². The summed E-state index contributed by atoms with van der Waals surface area (Å²) in [5, 5.41) is 1.54. The average molecular weight is 457 g/mol. The second-order valence-electron chi connectivity index (χ2n) is 7.43. The third-order valence-corrected chi connectivity index (χ3v) is 7.00. The van der Waals surface area contributed by atoms with Crippen molar-refractivity contribution in [2.45, 2.75) is 32.7 Å². The van der Waals surface area contributed by atoms with Gasteiger partial charge in [0.1, 0.15) is 10.4 Å². The Labute approximate surface area is 173 Å². The van der Waals surface area contributed by atoms with Crippen LogP contribution in [0.25, 0.3) is 21.2 Å². The van der Waals surface area contributed by atoms with Gasteiger partial charge in [0.25, 0.3) is 5.56 Å². The summed E-state index contributed by atoms with van der Waals surface area (Å²) >= 11 is 5.03. The number of aromatic nitrogens is 2. The van der Waals surface area contributed by atoms with Gasteiger partial charge in [0.05, 0.1) is 18.3 Å². The lowest BCUT2D eigenvalue weighted by atomic mass is 9.89. The number of ketones is 1. The second kappa shape index (κ2) is 6.67. The molecule has 0 radical (unpaired) electrons. The number of fused-ring (bicyclic) bond motifs is 4. The van der Waals surface area contributed by atoms with Gasteiger partial charge < -0.3 is 4.42 Å². The molecule has 1 aliphatic rings. The predicted octanol–water partition coefficient (Wildman–Crippen LogP) is 4.97. The van der Waals surface area contributed by atoms with Gasteiger partial charge in [0.15, 0.2) is 5.76 Å². The van der Waals surface area contributed by atoms with Gasteiger partial charge in [-0.25, -0.2) is 4.98 Å². The van der Waals surface area contributed by atoms with Crippen molar-refractivity contribution in [1.82, 2.24) is 9.55 Å². The van der Waals surface area contributed by atoms with Gasteiger partial charge in [-0.3, -0.25) is 14.2 Å². The van der Waals surface area contributed by atoms with Crippen LogP contribution in [0.2, 0.25) is 0 Å². The summed E-state index contributed by atoms with van der Waals surface area (Å²) in [6.07, 6.45) is 4.47. The van der Waals surface area contributed by atoms with Gasteiger partial charge in [0, 0.05) is 14.7 Å². The van der Waals surface area contributed by atoms with E-state index in [9.17, 15) is 9.59 Å². The van der Waals surface area contributed by atoms with Crippen molar-refractivity contribution in [3.8, 4) is 0 Å². The number of carbonyl (C=O) groups excluding carboxylic acids is 1. The highest BCUT2D eigenvalue weighted by Gasteiger charge is 2.24. The van der Waals surface area contributed by atoms with E-state index < -0.39 is 0 Å². The summed E-state index contributed by atoms with van der Waals surface area (Å²) < 4.78 is 7.99. The Morgan fingerprint density at radius 2 is 2.25 bits per heavy atom. The molecule has 1 aliphatic carbocycles. The molecule has 0 N–H and O–H groups in total. The summed E-state index contributed by atoms with van der Waals surface area (Å²) in [5.74, 6) is 0.645. The zero-order valence-electron chi connectivity index (χ0n) is 15.2. The number of halogens is 1. The minimum Gasteiger partial charge on any atom is -0.453 e. The van der Waals surface area contributed by atoms with E-state index in [-0.39, 0.29) is 23.6 Å². The minimum atomic E-state index is -0.242. The molecular formula is C21H17BrN2O3S. The maximum atomic E-state index is 13.1. The molecule has 142 valence electrons. The molecule has 7 heteroatoms. The van der Waals surface area contributed by atoms with Gasteiger partial charge >= 0.3 is 0 Å². The molecule has 5 rings (SSSR count). The summed E-state index contributed by atoms with van der Waals surface area (Å²) in [5.41, 5.74) is 1.64. The summed E-state index contributed by atoms with van der Waals surface area (Å²) in [4.78, 5) is 32.3. The first-order chi connectivity index (χ1) is 13.5. The molecule has 3 heterocycles. The normalized spacial score (nSPS) is 16.6. The molecule has 0 saturated carbocycles. The largest absolute Gasteiger partial charge is 0.453 e. The fourth-order valence-corrected chi connectivity index (χ4v) is 5.58. The van der Waals surface area contributed by atoms with Crippen LogP contribution in [-0.4, -0.2) is 15.3 Å². The lowest BCUT2D eigenvalue weighted by molar-refractivity contribution is 0.0945. The number of carbonyl (C=O) groups is 1. The van der Waals surface area contributed by atoms with Crippen molar-refractivity contribution in [3.63, 3.8) is 0 Å². The SMILES string of the molecule is CC1CCc2c(sc3ncn(CC(=O)c4cc5cc(Br)ccc5o4)c(=O)c23)C1. The molecule has 28 heavy (non-hydrogen) atoms. The maximum absolute atomic E-state index is 13.1. The van der Waals surface area contributed by atoms with Crippen molar-refractivity contribution in [2.75, 3.05) is 0 Å². The number of thiophene rings is 1. The van der Waals surface area contributed by atoms with Crippen LogP contribution in [0.5, 0.6) is 0 Å². The highest BCUT2D eigenvalue weighted by molar-refractivity contribution is 9.10. The predicted molar refractivity (Wildman–Crippen MR) is 113 cm³/mol. The molecule has 1 aromatic carbocycles. The number of Topliss-reactive ketones (excluding diaryl/α,β-unsaturated/α-hetero) is 1. The first kappa shape index (κ1) is 17.8. The third-order valence-electron chi connectivity index (χ3n) is 5.35. The number of aryl methyl sites for hydroxylation is 1. The molecular weight excluding hydrogens is 440 g/mol. The fraction of sp³-hybridized carbons (Fsp3) is 0.286. The van der Waals surface area contributed by atoms with Crippen LogP contribution in [0.3, 0.4) is 0 Å². The molecule has 0 fully saturated rings. The standard InChI is InChI=1S/C21H17BrN2O3S/c1-11-2-4-14-18(6-11)28-20-19(14)21(26)24(10-23-20)9-15(25)17-8-12-7-13(22)3-5-16(12)27-17/h3,5,7-8,10-11H,2,4,6,9H2,1H3. The Hall–Kier alpha value is -2.25. The first-order valence-corrected chi connectivity index (χ1v) is 10.8. The summed E-state index contributed by atoms with van der Waals surface area (Å²) in [6, 6.07) is 7.29. The highest BCUT2D eigenvalue weighted by Crippen LogP contribution is 2.35. The van der Waals surface area contributed by atoms with Crippen molar-refractivity contribution in [2.24, 2.45) is 5.92 Å². The van der Waals surface area contributed by atoms with Crippen molar-refractivity contribution in [1.29, 1.82) is 0 Å². The van der Waals surface area contributed by atoms with Gasteiger partial charge in [-0.05, 0) is 55.0 Å². The molecule has 3 aromatic heterocycles. The fourth-order valence-electron chi connectivity index (χ4n) is 3.86. The number of hydrogen-bond acceptors (Lipinski definition) is 5. The highest BCUT2D eigenvalue weighted by atomic mass is 79.9. The molecule has 0 bridgehead atoms. The Morgan fingerprint density at radius 3 is 3.11 bits per heavy atom. The zero-order valence-corrected chi connectivity index (χ0v) is 17.6. The molecule has 1 unspecified atom stereocenters. The number of benzene rings is 1. The Morgan fingerprint density at radius 1 is 1.39 bits per heavy atom. The van der Waals surface area contributed by atoms with Crippen molar-refractivity contribution in [3.05, 3.63) is 61.6 Å². The van der Waals surface area contributed by atoms with Crippen LogP contribution in [0, 0.1) is 5.92 Å². The van der Waals surface area contributed by atoms with Crippen LogP contribution >= 0.6 is 27.3 Å². The van der Waals surface area contributed by atoms with E-state index in [2.05, 4.69) is 27.8 Å². The third kappa shape index (κ3) is 2.93. The van der Waals surface area contributed by atoms with Crippen LogP contribution in [-0.2, 0) is 19.4 Å². The Balaban J connectivity index is 1.51. The van der Waals surface area contributed by atoms with Crippen LogP contribution in [0.4, 0.5) is 0 Å². The Kier molecular flexibility index (Phi) is 4.25. The van der Waals surface area contributed by atoms with E-state index in [1.807, 2.05) is 18.2 Å². The monoisotopic (exact) mass is 456 g/mol. The molecule has 0 aliphatic heterocycles. The summed E-state index contributed by atoms with van der Waals surface area (Å²) in [7, 11) is 0. The van der Waals surface area contributed by atoms with Crippen LogP contribution in [0.15, 0.2) is 44.3 Å². The van der Waals surface area contributed by atoms with E-state index in [4.69, 9.17) is 4.42 Å². The number of hydrogen-bond donors (Lipinski definition) is 0. The van der Waals surface area contributed by atoms with Gasteiger partial charge in [-0.1, -0.05) is 22.9 Å². The van der Waals surface area contributed by atoms with Crippen molar-refractivity contribution >= 4 is 54.2 Å². The van der Waals surface area contributed by atoms with Gasteiger partial charge in [-0.15, -0.1) is 11.3 Å². The number of nitrogens with zero attached hydrogens (tertiary/aromatic N) is 2. The lowest BCUT2D eigenvalue weighted by Crippen LogP contribution is -2.25. The van der Waals surface area contributed by atoms with E-state index in [0.29, 0.717) is 16.9 Å². The second-order valence-corrected chi connectivity index (χ2v) is 9.42. The minimum absolute atomic E-state index is 0.0796. The van der Waals surface area contributed by atoms with Crippen molar-refractivity contribution < 1.29 is 9.21 Å². The van der Waals surface area contributed by atoms with Gasteiger partial charge in [-0.2, -0.15) is 0 Å². The molecule has 5 nitrogen and oxygen atoms in total. The van der Waals surface area contributed by atoms with E-state index in [0.717, 1.165) is 39.5 Å². The number of rotatable bonds is 3. The smallest absolute Gasteiger partial charge is 0.262 e. The topological polar surface area (TPSA) is 65.1 Å². The van der Waals surface area contributed by atoms with E-state index in [1.54, 1.807) is 17.4 Å². The number of furan rings is 1. The van der Waals surface area contributed by atoms with Crippen LogP contribution < -0.4 is 5.56 Å². The summed E-state index contributed by atoms with van der Waals surface area (Å²) in [6.45, 7) is 2.16.